The first-order valence-corrected chi connectivity index (χ1v) is 6.74. The van der Waals surface area contributed by atoms with Gasteiger partial charge in [-0.3, -0.25) is 4.79 Å². The zero-order valence-electron chi connectivity index (χ0n) is 7.40. The highest BCUT2D eigenvalue weighted by Crippen LogP contribution is 2.20. The fraction of sp³-hybridized carbons (Fsp3) is 0.300. The van der Waals surface area contributed by atoms with E-state index in [1.807, 2.05) is 6.07 Å². The van der Waals surface area contributed by atoms with Gasteiger partial charge in [-0.1, -0.05) is 49.5 Å². The molecule has 1 nitrogen and oxygen atoms in total. The number of ketones is 1. The first-order chi connectivity index (χ1) is 6.69. The van der Waals surface area contributed by atoms with Crippen LogP contribution < -0.4 is 0 Å². The fourth-order valence-corrected chi connectivity index (χ4v) is 2.17. The monoisotopic (exact) mass is 338 g/mol. The van der Waals surface area contributed by atoms with Crippen molar-refractivity contribution in [2.45, 2.75) is 11.8 Å². The molecule has 0 saturated heterocycles. The van der Waals surface area contributed by atoms with Crippen molar-refractivity contribution < 1.29 is 4.79 Å². The smallest absolute Gasteiger partial charge is 0.164 e. The van der Waals surface area contributed by atoms with Crippen LogP contribution >= 0.6 is 43.5 Å². The predicted octanol–water partition coefficient (Wildman–Crippen LogP) is 4.20. The minimum absolute atomic E-state index is 0.124. The van der Waals surface area contributed by atoms with Gasteiger partial charge in [0.2, 0.25) is 0 Å². The highest BCUT2D eigenvalue weighted by molar-refractivity contribution is 9.09. The van der Waals surface area contributed by atoms with Gasteiger partial charge in [0.25, 0.3) is 0 Å². The Morgan fingerprint density at radius 2 is 2.07 bits per heavy atom. The summed E-state index contributed by atoms with van der Waals surface area (Å²) in [5.41, 5.74) is 1.70. The summed E-state index contributed by atoms with van der Waals surface area (Å²) in [7, 11) is 0. The largest absolute Gasteiger partial charge is 0.294 e. The summed E-state index contributed by atoms with van der Waals surface area (Å²) < 4.78 is 0. The van der Waals surface area contributed by atoms with Gasteiger partial charge in [-0.15, -0.1) is 0 Å². The van der Waals surface area contributed by atoms with E-state index in [0.29, 0.717) is 27.7 Å². The van der Waals surface area contributed by atoms with E-state index in [1.54, 1.807) is 12.1 Å². The molecule has 1 aromatic carbocycles. The Labute approximate surface area is 105 Å². The highest BCUT2D eigenvalue weighted by Gasteiger charge is 2.10. The Morgan fingerprint density at radius 1 is 1.36 bits per heavy atom. The Bertz CT molecular complexity index is 339. The molecule has 0 heterocycles. The fourth-order valence-electron chi connectivity index (χ4n) is 1.15. The van der Waals surface area contributed by atoms with Gasteiger partial charge in [0, 0.05) is 27.7 Å². The van der Waals surface area contributed by atoms with E-state index in [1.165, 1.54) is 0 Å². The lowest BCUT2D eigenvalue weighted by Crippen LogP contribution is -2.03. The van der Waals surface area contributed by atoms with Crippen LogP contribution in [0.15, 0.2) is 18.2 Å². The van der Waals surface area contributed by atoms with Crippen molar-refractivity contribution in [3.63, 3.8) is 0 Å². The summed E-state index contributed by atoms with van der Waals surface area (Å²) >= 11 is 12.4. The van der Waals surface area contributed by atoms with Crippen molar-refractivity contribution in [2.75, 3.05) is 5.33 Å². The van der Waals surface area contributed by atoms with E-state index < -0.39 is 0 Å². The lowest BCUT2D eigenvalue weighted by atomic mass is 10.0. The number of carbonyl (C=O) groups is 1. The molecule has 0 spiro atoms. The molecule has 0 fully saturated rings. The third-order valence-electron chi connectivity index (χ3n) is 1.84. The molecular formula is C10H9Br2ClO. The lowest BCUT2D eigenvalue weighted by molar-refractivity contribution is 0.0989. The van der Waals surface area contributed by atoms with E-state index in [2.05, 4.69) is 31.9 Å². The normalized spacial score (nSPS) is 10.2. The van der Waals surface area contributed by atoms with Gasteiger partial charge in [-0.2, -0.15) is 0 Å². The zero-order chi connectivity index (χ0) is 10.6. The molecular weight excluding hydrogens is 331 g/mol. The lowest BCUT2D eigenvalue weighted by Gasteiger charge is -2.05. The van der Waals surface area contributed by atoms with Gasteiger partial charge >= 0.3 is 0 Å². The average Bonchev–Trinajstić information content (AvgIpc) is 2.18. The summed E-state index contributed by atoms with van der Waals surface area (Å²) in [6.07, 6.45) is 0.500. The van der Waals surface area contributed by atoms with Gasteiger partial charge in [0.1, 0.15) is 0 Å². The summed E-state index contributed by atoms with van der Waals surface area (Å²) in [4.78, 5) is 11.7. The maximum Gasteiger partial charge on any atom is 0.164 e. The Morgan fingerprint density at radius 3 is 2.64 bits per heavy atom. The third kappa shape index (κ3) is 3.07. The van der Waals surface area contributed by atoms with E-state index >= 15 is 0 Å². The van der Waals surface area contributed by atoms with Crippen LogP contribution in [0.2, 0.25) is 5.02 Å². The Kier molecular flexibility index (Phi) is 5.13. The maximum atomic E-state index is 11.7. The van der Waals surface area contributed by atoms with Crippen molar-refractivity contribution in [1.82, 2.24) is 0 Å². The SMILES string of the molecule is O=C(CCBr)c1cc(Cl)ccc1CBr. The second-order valence-corrected chi connectivity index (χ2v) is 4.59. The second-order valence-electron chi connectivity index (χ2n) is 2.80. The molecule has 0 bridgehead atoms. The van der Waals surface area contributed by atoms with Gasteiger partial charge in [0.05, 0.1) is 0 Å². The zero-order valence-corrected chi connectivity index (χ0v) is 11.3. The minimum Gasteiger partial charge on any atom is -0.294 e. The van der Waals surface area contributed by atoms with Crippen LogP contribution in [-0.2, 0) is 5.33 Å². The molecule has 0 unspecified atom stereocenters. The number of carbonyl (C=O) groups excluding carboxylic acids is 1. The van der Waals surface area contributed by atoms with Crippen molar-refractivity contribution in [3.05, 3.63) is 34.3 Å². The van der Waals surface area contributed by atoms with Crippen LogP contribution in [0.5, 0.6) is 0 Å². The summed E-state index contributed by atoms with van der Waals surface area (Å²) in [5.74, 6) is 0.124. The molecule has 0 aliphatic carbocycles. The van der Waals surface area contributed by atoms with Crippen molar-refractivity contribution in [1.29, 1.82) is 0 Å². The Balaban J connectivity index is 3.03. The van der Waals surface area contributed by atoms with Crippen molar-refractivity contribution in [3.8, 4) is 0 Å². The molecule has 0 N–H and O–H groups in total. The minimum atomic E-state index is 0.124. The molecule has 0 atom stereocenters. The molecule has 0 aliphatic heterocycles. The number of Topliss-reactive ketones (excluding diaryl/α,β-unsaturated/α-hetero) is 1. The molecule has 0 aromatic heterocycles. The van der Waals surface area contributed by atoms with Crippen LogP contribution in [-0.4, -0.2) is 11.1 Å². The second kappa shape index (κ2) is 5.89. The van der Waals surface area contributed by atoms with Crippen LogP contribution in [0, 0.1) is 0 Å². The van der Waals surface area contributed by atoms with Crippen LogP contribution in [0.4, 0.5) is 0 Å². The summed E-state index contributed by atoms with van der Waals surface area (Å²) in [6, 6.07) is 5.39. The first kappa shape index (κ1) is 12.2. The molecule has 0 aliphatic rings. The quantitative estimate of drug-likeness (QED) is 0.593. The third-order valence-corrected chi connectivity index (χ3v) is 3.07. The molecule has 0 amide bonds. The molecule has 76 valence electrons. The first-order valence-electron chi connectivity index (χ1n) is 4.12. The standard InChI is InChI=1S/C10H9Br2ClO/c11-4-3-10(14)9-5-8(13)2-1-7(9)6-12/h1-2,5H,3-4,6H2. The topological polar surface area (TPSA) is 17.1 Å². The maximum absolute atomic E-state index is 11.7. The number of alkyl halides is 2. The van der Waals surface area contributed by atoms with Gasteiger partial charge < -0.3 is 0 Å². The van der Waals surface area contributed by atoms with Gasteiger partial charge in [-0.25, -0.2) is 0 Å². The van der Waals surface area contributed by atoms with Crippen LogP contribution in [0.3, 0.4) is 0 Å². The van der Waals surface area contributed by atoms with Crippen LogP contribution in [0.25, 0.3) is 0 Å². The average molecular weight is 340 g/mol. The van der Waals surface area contributed by atoms with Crippen molar-refractivity contribution >= 4 is 49.2 Å². The summed E-state index contributed by atoms with van der Waals surface area (Å²) in [6.45, 7) is 0. The highest BCUT2D eigenvalue weighted by atomic mass is 79.9. The number of hydrogen-bond acceptors (Lipinski definition) is 1. The summed E-state index contributed by atoms with van der Waals surface area (Å²) in [5, 5.41) is 1.96. The molecule has 0 saturated carbocycles. The van der Waals surface area contributed by atoms with E-state index in [4.69, 9.17) is 11.6 Å². The molecule has 14 heavy (non-hydrogen) atoms. The van der Waals surface area contributed by atoms with E-state index in [-0.39, 0.29) is 5.78 Å². The Hall–Kier alpha value is 0.140. The number of benzene rings is 1. The number of halogens is 3. The number of rotatable bonds is 4. The van der Waals surface area contributed by atoms with Gasteiger partial charge in [0.15, 0.2) is 5.78 Å². The van der Waals surface area contributed by atoms with E-state index in [9.17, 15) is 4.79 Å². The molecule has 1 rings (SSSR count). The van der Waals surface area contributed by atoms with E-state index in [0.717, 1.165) is 5.56 Å². The number of hydrogen-bond donors (Lipinski definition) is 0. The van der Waals surface area contributed by atoms with Gasteiger partial charge in [-0.05, 0) is 17.7 Å². The molecule has 1 aromatic rings. The van der Waals surface area contributed by atoms with Crippen LogP contribution in [0.1, 0.15) is 22.3 Å². The molecule has 0 radical (unpaired) electrons. The van der Waals surface area contributed by atoms with Crippen molar-refractivity contribution in [2.24, 2.45) is 0 Å². The predicted molar refractivity (Wildman–Crippen MR) is 66.8 cm³/mol. The molecule has 4 heteroatoms.